The maximum absolute atomic E-state index is 10.7. The number of aromatic amines is 1. The van der Waals surface area contributed by atoms with Gasteiger partial charge in [0, 0.05) is 5.69 Å². The van der Waals surface area contributed by atoms with Crippen LogP contribution in [0, 0.1) is 4.77 Å². The largest absolute Gasteiger partial charge is 0.744 e. The second-order valence-electron chi connectivity index (χ2n) is 2.98. The Bertz CT molecular complexity index is 654. The van der Waals surface area contributed by atoms with Crippen LogP contribution in [0.1, 0.15) is 0 Å². The Morgan fingerprint density at radius 3 is 2.38 bits per heavy atom. The van der Waals surface area contributed by atoms with E-state index in [9.17, 15) is 13.0 Å². The summed E-state index contributed by atoms with van der Waals surface area (Å²) in [5.74, 6) is 0. The van der Waals surface area contributed by atoms with Gasteiger partial charge in [-0.15, -0.1) is 0 Å². The molecule has 0 unspecified atom stereocenters. The Hall–Kier alpha value is -1.51. The first kappa shape index (κ1) is 11.0. The van der Waals surface area contributed by atoms with Crippen LogP contribution in [0.5, 0.6) is 0 Å². The molecule has 1 N–H and O–H groups in total. The Morgan fingerprint density at radius 1 is 1.31 bits per heavy atom. The minimum Gasteiger partial charge on any atom is -0.744 e. The van der Waals surface area contributed by atoms with Crippen LogP contribution in [0.15, 0.2) is 35.5 Å². The summed E-state index contributed by atoms with van der Waals surface area (Å²) >= 11 is 4.94. The number of rotatable bonds is 2. The fourth-order valence-corrected chi connectivity index (χ4v) is 1.88. The Morgan fingerprint density at radius 2 is 1.94 bits per heavy atom. The molecule has 0 spiro atoms. The maximum atomic E-state index is 10.7. The summed E-state index contributed by atoms with van der Waals surface area (Å²) in [4.78, 5) is -0.272. The fourth-order valence-electron chi connectivity index (χ4n) is 1.21. The predicted molar refractivity (Wildman–Crippen MR) is 56.7 cm³/mol. The number of benzene rings is 1. The fraction of sp³-hybridized carbons (Fsp3) is 0. The van der Waals surface area contributed by atoms with Gasteiger partial charge in [-0.1, -0.05) is 0 Å². The topological polar surface area (TPSA) is 90.8 Å². The summed E-state index contributed by atoms with van der Waals surface area (Å²) < 4.78 is 34.0. The van der Waals surface area contributed by atoms with Gasteiger partial charge < -0.3 is 4.55 Å². The van der Waals surface area contributed by atoms with Crippen molar-refractivity contribution in [2.24, 2.45) is 0 Å². The predicted octanol–water partition coefficient (Wildman–Crippen LogP) is 0.834. The van der Waals surface area contributed by atoms with E-state index in [2.05, 4.69) is 10.2 Å². The van der Waals surface area contributed by atoms with Crippen molar-refractivity contribution in [3.63, 3.8) is 0 Å². The van der Waals surface area contributed by atoms with Crippen molar-refractivity contribution in [2.45, 2.75) is 4.90 Å². The summed E-state index contributed by atoms with van der Waals surface area (Å²) in [6.07, 6.45) is 1.46. The number of aromatic nitrogens is 3. The molecule has 84 valence electrons. The average molecular weight is 256 g/mol. The van der Waals surface area contributed by atoms with Gasteiger partial charge in [-0.25, -0.2) is 8.42 Å². The van der Waals surface area contributed by atoms with E-state index in [-0.39, 0.29) is 4.90 Å². The molecule has 0 amide bonds. The SMILES string of the molecule is O=S(=O)([O-])c1ccc(-n2cn[nH]c2=S)cc1. The third-order valence-electron chi connectivity index (χ3n) is 1.96. The van der Waals surface area contributed by atoms with E-state index < -0.39 is 10.1 Å². The normalized spacial score (nSPS) is 11.6. The van der Waals surface area contributed by atoms with Crippen LogP contribution >= 0.6 is 12.2 Å². The molecule has 0 aliphatic rings. The first-order chi connectivity index (χ1) is 7.48. The van der Waals surface area contributed by atoms with E-state index in [1.54, 1.807) is 4.57 Å². The van der Waals surface area contributed by atoms with Crippen molar-refractivity contribution in [1.82, 2.24) is 14.8 Å². The molecule has 0 fully saturated rings. The molecule has 16 heavy (non-hydrogen) atoms. The minimum absolute atomic E-state index is 0.272. The number of nitrogens with zero attached hydrogens (tertiary/aromatic N) is 2. The monoisotopic (exact) mass is 256 g/mol. The number of nitrogens with one attached hydrogen (secondary N) is 1. The lowest BCUT2D eigenvalue weighted by atomic mass is 10.3. The highest BCUT2D eigenvalue weighted by atomic mass is 32.2. The molecule has 1 aromatic carbocycles. The first-order valence-corrected chi connectivity index (χ1v) is 5.98. The van der Waals surface area contributed by atoms with Gasteiger partial charge in [0.05, 0.1) is 4.90 Å². The molecule has 0 aliphatic heterocycles. The van der Waals surface area contributed by atoms with Crippen LogP contribution < -0.4 is 0 Å². The molecule has 8 heteroatoms. The number of hydrogen-bond acceptors (Lipinski definition) is 5. The maximum Gasteiger partial charge on any atom is 0.199 e. The summed E-state index contributed by atoms with van der Waals surface area (Å²) in [6, 6.07) is 5.42. The van der Waals surface area contributed by atoms with Crippen molar-refractivity contribution in [2.75, 3.05) is 0 Å². The smallest absolute Gasteiger partial charge is 0.199 e. The molecule has 1 aromatic heterocycles. The van der Waals surface area contributed by atoms with E-state index in [0.29, 0.717) is 10.5 Å². The molecule has 2 rings (SSSR count). The molecule has 6 nitrogen and oxygen atoms in total. The second-order valence-corrected chi connectivity index (χ2v) is 4.75. The van der Waals surface area contributed by atoms with Gasteiger partial charge in [0.1, 0.15) is 16.4 Å². The van der Waals surface area contributed by atoms with Crippen molar-refractivity contribution in [3.8, 4) is 5.69 Å². The van der Waals surface area contributed by atoms with Gasteiger partial charge in [-0.05, 0) is 36.5 Å². The van der Waals surface area contributed by atoms with Gasteiger partial charge in [0.25, 0.3) is 0 Å². The zero-order chi connectivity index (χ0) is 11.8. The lowest BCUT2D eigenvalue weighted by Crippen LogP contribution is -1.99. The van der Waals surface area contributed by atoms with E-state index in [0.717, 1.165) is 0 Å². The number of H-pyrrole nitrogens is 1. The van der Waals surface area contributed by atoms with Crippen LogP contribution in [-0.4, -0.2) is 27.7 Å². The van der Waals surface area contributed by atoms with Gasteiger partial charge >= 0.3 is 0 Å². The van der Waals surface area contributed by atoms with E-state index >= 15 is 0 Å². The van der Waals surface area contributed by atoms with Crippen molar-refractivity contribution >= 4 is 22.3 Å². The Balaban J connectivity index is 2.49. The average Bonchev–Trinajstić information content (AvgIpc) is 2.63. The van der Waals surface area contributed by atoms with Gasteiger partial charge in [-0.3, -0.25) is 9.67 Å². The molecule has 0 saturated carbocycles. The van der Waals surface area contributed by atoms with E-state index in [1.807, 2.05) is 0 Å². The summed E-state index contributed by atoms with van der Waals surface area (Å²) in [5, 5.41) is 6.28. The third kappa shape index (κ3) is 2.03. The Labute approximate surface area is 96.3 Å². The van der Waals surface area contributed by atoms with Crippen molar-refractivity contribution < 1.29 is 13.0 Å². The lowest BCUT2D eigenvalue weighted by molar-refractivity contribution is 0.463. The molecular weight excluding hydrogens is 250 g/mol. The quantitative estimate of drug-likeness (QED) is 0.635. The summed E-state index contributed by atoms with van der Waals surface area (Å²) in [7, 11) is -4.41. The first-order valence-electron chi connectivity index (χ1n) is 4.17. The molecule has 0 radical (unpaired) electrons. The highest BCUT2D eigenvalue weighted by Crippen LogP contribution is 2.13. The number of hydrogen-bond donors (Lipinski definition) is 1. The molecule has 0 atom stereocenters. The molecule has 1 heterocycles. The molecular formula is C8H6N3O3S2-. The molecule has 2 aromatic rings. The summed E-state index contributed by atoms with van der Waals surface area (Å²) in [5.41, 5.74) is 0.631. The standard InChI is InChI=1S/C8H7N3O3S2/c12-16(13,14)7-3-1-6(2-4-7)11-5-9-10-8(11)15/h1-5H,(H,10,15)(H,12,13,14)/p-1. The van der Waals surface area contributed by atoms with E-state index in [1.165, 1.54) is 30.6 Å². The van der Waals surface area contributed by atoms with Gasteiger partial charge in [0.15, 0.2) is 4.77 Å². The van der Waals surface area contributed by atoms with Gasteiger partial charge in [0.2, 0.25) is 0 Å². The minimum atomic E-state index is -4.41. The highest BCUT2D eigenvalue weighted by Gasteiger charge is 2.02. The van der Waals surface area contributed by atoms with Crippen LogP contribution in [-0.2, 0) is 10.1 Å². The van der Waals surface area contributed by atoms with Crippen molar-refractivity contribution in [3.05, 3.63) is 35.4 Å². The van der Waals surface area contributed by atoms with E-state index in [4.69, 9.17) is 12.2 Å². The van der Waals surface area contributed by atoms with Crippen LogP contribution in [0.4, 0.5) is 0 Å². The second kappa shape index (κ2) is 3.81. The van der Waals surface area contributed by atoms with Crippen molar-refractivity contribution in [1.29, 1.82) is 0 Å². The molecule has 0 aliphatic carbocycles. The lowest BCUT2D eigenvalue weighted by Gasteiger charge is -2.07. The summed E-state index contributed by atoms with van der Waals surface area (Å²) in [6.45, 7) is 0. The molecule has 0 saturated heterocycles. The van der Waals surface area contributed by atoms with Crippen LogP contribution in [0.25, 0.3) is 5.69 Å². The van der Waals surface area contributed by atoms with Gasteiger partial charge in [-0.2, -0.15) is 5.10 Å². The Kier molecular flexibility index (Phi) is 2.62. The zero-order valence-electron chi connectivity index (χ0n) is 7.82. The highest BCUT2D eigenvalue weighted by molar-refractivity contribution is 7.85. The van der Waals surface area contributed by atoms with Crippen LogP contribution in [0.3, 0.4) is 0 Å². The zero-order valence-corrected chi connectivity index (χ0v) is 9.46. The third-order valence-corrected chi connectivity index (χ3v) is 3.09. The molecule has 0 bridgehead atoms. The van der Waals surface area contributed by atoms with Crippen LogP contribution in [0.2, 0.25) is 0 Å².